The van der Waals surface area contributed by atoms with E-state index in [1.165, 1.54) is 0 Å². The molecule has 0 saturated carbocycles. The number of imidazole rings is 1. The van der Waals surface area contributed by atoms with Crippen molar-refractivity contribution in [2.75, 3.05) is 0 Å². The van der Waals surface area contributed by atoms with Crippen molar-refractivity contribution in [3.05, 3.63) is 27.9 Å². The molecule has 0 saturated heterocycles. The van der Waals surface area contributed by atoms with Crippen LogP contribution >= 0.6 is 11.6 Å². The van der Waals surface area contributed by atoms with Crippen LogP contribution in [0.2, 0.25) is 5.15 Å². The molecule has 0 bridgehead atoms. The highest BCUT2D eigenvalue weighted by Crippen LogP contribution is 2.19. The predicted octanol–water partition coefficient (Wildman–Crippen LogP) is 1.96. The second kappa shape index (κ2) is 3.13. The van der Waals surface area contributed by atoms with E-state index in [0.29, 0.717) is 10.7 Å². The lowest BCUT2D eigenvalue weighted by Crippen LogP contribution is -2.18. The number of fused-ring (bicyclic) bond motifs is 1. The first-order valence-electron chi connectivity index (χ1n) is 4.36. The molecule has 2 heterocycles. The molecule has 0 spiro atoms. The first kappa shape index (κ1) is 9.27. The molecule has 0 unspecified atom stereocenters. The molecule has 0 atom stereocenters. The Morgan fingerprint density at radius 1 is 1.57 bits per heavy atom. The molecule has 74 valence electrons. The van der Waals surface area contributed by atoms with Crippen molar-refractivity contribution in [2.45, 2.75) is 19.9 Å². The molecule has 1 N–H and O–H groups in total. The number of H-pyrrole nitrogens is 1. The van der Waals surface area contributed by atoms with Crippen molar-refractivity contribution in [3.8, 4) is 0 Å². The summed E-state index contributed by atoms with van der Waals surface area (Å²) in [6.45, 7) is 3.89. The van der Waals surface area contributed by atoms with E-state index in [1.807, 2.05) is 13.8 Å². The molecular weight excluding hydrogens is 202 g/mol. The van der Waals surface area contributed by atoms with Crippen LogP contribution in [0.15, 0.2) is 17.1 Å². The third-order valence-electron chi connectivity index (χ3n) is 2.11. The summed E-state index contributed by atoms with van der Waals surface area (Å²) in [5.41, 5.74) is 1.25. The summed E-state index contributed by atoms with van der Waals surface area (Å²) in [6.07, 6.45) is 1.59. The number of nitrogens with one attached hydrogen (secondary N) is 1. The first-order valence-corrected chi connectivity index (χ1v) is 4.73. The molecule has 0 radical (unpaired) electrons. The highest BCUT2D eigenvalue weighted by Gasteiger charge is 2.11. The van der Waals surface area contributed by atoms with Gasteiger partial charge in [0.2, 0.25) is 0 Å². The Hall–Kier alpha value is -1.29. The minimum Gasteiger partial charge on any atom is -0.303 e. The molecule has 2 aromatic heterocycles. The van der Waals surface area contributed by atoms with Gasteiger partial charge in [0.25, 0.3) is 0 Å². The van der Waals surface area contributed by atoms with Gasteiger partial charge >= 0.3 is 5.69 Å². The molecular formula is C9H10ClN3O. The van der Waals surface area contributed by atoms with Gasteiger partial charge in [0.05, 0.1) is 5.52 Å². The van der Waals surface area contributed by atoms with Crippen molar-refractivity contribution < 1.29 is 0 Å². The summed E-state index contributed by atoms with van der Waals surface area (Å²) in [5, 5.41) is 0.332. The van der Waals surface area contributed by atoms with Crippen LogP contribution in [0.3, 0.4) is 0 Å². The largest absolute Gasteiger partial charge is 0.326 e. The molecule has 2 rings (SSSR count). The van der Waals surface area contributed by atoms with E-state index in [4.69, 9.17) is 11.6 Å². The lowest BCUT2D eigenvalue weighted by molar-refractivity contribution is 0.598. The molecule has 4 nitrogen and oxygen atoms in total. The molecule has 0 aromatic carbocycles. The smallest absolute Gasteiger partial charge is 0.303 e. The van der Waals surface area contributed by atoms with Crippen LogP contribution in [0.25, 0.3) is 11.0 Å². The third kappa shape index (κ3) is 1.23. The Morgan fingerprint density at radius 3 is 2.93 bits per heavy atom. The highest BCUT2D eigenvalue weighted by atomic mass is 35.5. The zero-order valence-electron chi connectivity index (χ0n) is 7.91. The monoisotopic (exact) mass is 211 g/mol. The average molecular weight is 212 g/mol. The fraction of sp³-hybridized carbons (Fsp3) is 0.333. The zero-order valence-corrected chi connectivity index (χ0v) is 8.67. The van der Waals surface area contributed by atoms with Crippen LogP contribution in [-0.4, -0.2) is 14.5 Å². The third-order valence-corrected chi connectivity index (χ3v) is 2.40. The molecule has 0 aliphatic carbocycles. The second-order valence-corrected chi connectivity index (χ2v) is 3.75. The topological polar surface area (TPSA) is 50.7 Å². The standard InChI is InChI=1S/C9H10ClN3O/c1-5(2)13-6-3-4-11-8(10)7(6)12-9(13)14/h3-5H,1-2H3,(H,12,14). The van der Waals surface area contributed by atoms with Crippen molar-refractivity contribution in [3.63, 3.8) is 0 Å². The number of aromatic nitrogens is 3. The molecule has 5 heteroatoms. The fourth-order valence-corrected chi connectivity index (χ4v) is 1.73. The Morgan fingerprint density at radius 2 is 2.29 bits per heavy atom. The minimum atomic E-state index is -0.148. The molecule has 0 amide bonds. The summed E-state index contributed by atoms with van der Waals surface area (Å²) in [4.78, 5) is 18.1. The van der Waals surface area contributed by atoms with Crippen LogP contribution in [0.5, 0.6) is 0 Å². The number of aromatic amines is 1. The Balaban J connectivity index is 2.91. The summed E-state index contributed by atoms with van der Waals surface area (Å²) in [6, 6.07) is 1.88. The van der Waals surface area contributed by atoms with Crippen LogP contribution in [-0.2, 0) is 0 Å². The van der Waals surface area contributed by atoms with Gasteiger partial charge in [-0.3, -0.25) is 4.57 Å². The van der Waals surface area contributed by atoms with Crippen molar-refractivity contribution >= 4 is 22.6 Å². The summed E-state index contributed by atoms with van der Waals surface area (Å²) in [5.74, 6) is 0. The maximum absolute atomic E-state index is 11.6. The maximum atomic E-state index is 11.6. The predicted molar refractivity (Wildman–Crippen MR) is 55.7 cm³/mol. The Kier molecular flexibility index (Phi) is 2.07. The molecule has 0 aliphatic heterocycles. The zero-order chi connectivity index (χ0) is 10.3. The maximum Gasteiger partial charge on any atom is 0.326 e. The van der Waals surface area contributed by atoms with E-state index >= 15 is 0 Å². The highest BCUT2D eigenvalue weighted by molar-refractivity contribution is 6.33. The number of nitrogens with zero attached hydrogens (tertiary/aromatic N) is 2. The lowest BCUT2D eigenvalue weighted by atomic mass is 10.3. The lowest BCUT2D eigenvalue weighted by Gasteiger charge is -2.05. The van der Waals surface area contributed by atoms with Gasteiger partial charge in [-0.15, -0.1) is 0 Å². The number of hydrogen-bond acceptors (Lipinski definition) is 2. The number of hydrogen-bond donors (Lipinski definition) is 1. The van der Waals surface area contributed by atoms with E-state index in [0.717, 1.165) is 5.52 Å². The fourth-order valence-electron chi connectivity index (χ4n) is 1.53. The van der Waals surface area contributed by atoms with Crippen LogP contribution in [0, 0.1) is 0 Å². The quantitative estimate of drug-likeness (QED) is 0.734. The Bertz CT molecular complexity index is 526. The minimum absolute atomic E-state index is 0.106. The number of halogens is 1. The van der Waals surface area contributed by atoms with E-state index in [2.05, 4.69) is 9.97 Å². The molecule has 14 heavy (non-hydrogen) atoms. The first-order chi connectivity index (χ1) is 6.61. The van der Waals surface area contributed by atoms with Crippen molar-refractivity contribution in [1.82, 2.24) is 14.5 Å². The normalized spacial score (nSPS) is 11.4. The summed E-state index contributed by atoms with van der Waals surface area (Å²) in [7, 11) is 0. The van der Waals surface area contributed by atoms with E-state index in [1.54, 1.807) is 16.8 Å². The summed E-state index contributed by atoms with van der Waals surface area (Å²) >= 11 is 5.85. The van der Waals surface area contributed by atoms with E-state index in [-0.39, 0.29) is 11.7 Å². The average Bonchev–Trinajstić information content (AvgIpc) is 2.42. The number of rotatable bonds is 1. The van der Waals surface area contributed by atoms with Crippen LogP contribution < -0.4 is 5.69 Å². The van der Waals surface area contributed by atoms with Crippen LogP contribution in [0.1, 0.15) is 19.9 Å². The molecule has 2 aromatic rings. The van der Waals surface area contributed by atoms with E-state index < -0.39 is 0 Å². The van der Waals surface area contributed by atoms with Crippen molar-refractivity contribution in [1.29, 1.82) is 0 Å². The van der Waals surface area contributed by atoms with Gasteiger partial charge in [0.15, 0.2) is 5.15 Å². The van der Waals surface area contributed by atoms with Gasteiger partial charge in [0.1, 0.15) is 5.52 Å². The number of pyridine rings is 1. The van der Waals surface area contributed by atoms with Gasteiger partial charge in [0, 0.05) is 12.2 Å². The molecule has 0 fully saturated rings. The van der Waals surface area contributed by atoms with E-state index in [9.17, 15) is 4.79 Å². The molecule has 0 aliphatic rings. The van der Waals surface area contributed by atoms with Gasteiger partial charge in [-0.25, -0.2) is 9.78 Å². The van der Waals surface area contributed by atoms with Crippen molar-refractivity contribution in [2.24, 2.45) is 0 Å². The van der Waals surface area contributed by atoms with Gasteiger partial charge in [-0.1, -0.05) is 11.6 Å². The van der Waals surface area contributed by atoms with Gasteiger partial charge < -0.3 is 4.98 Å². The van der Waals surface area contributed by atoms with Gasteiger partial charge in [-0.05, 0) is 19.9 Å². The Labute approximate surface area is 85.5 Å². The second-order valence-electron chi connectivity index (χ2n) is 3.39. The SMILES string of the molecule is CC(C)n1c(=O)[nH]c2c(Cl)nccc21. The summed E-state index contributed by atoms with van der Waals surface area (Å²) < 4.78 is 1.66. The van der Waals surface area contributed by atoms with Gasteiger partial charge in [-0.2, -0.15) is 0 Å². The van der Waals surface area contributed by atoms with Crippen LogP contribution in [0.4, 0.5) is 0 Å².